The van der Waals surface area contributed by atoms with E-state index in [-0.39, 0.29) is 5.60 Å². The van der Waals surface area contributed by atoms with Crippen LogP contribution in [0.1, 0.15) is 102 Å². The van der Waals surface area contributed by atoms with Crippen molar-refractivity contribution < 1.29 is 9.84 Å². The largest absolute Gasteiger partial charge is 0.507 e. The first-order chi connectivity index (χ1) is 14.5. The molecular weight excluding hydrogens is 380 g/mol. The lowest BCUT2D eigenvalue weighted by Crippen LogP contribution is -2.37. The van der Waals surface area contributed by atoms with Crippen molar-refractivity contribution in [3.63, 3.8) is 0 Å². The van der Waals surface area contributed by atoms with Crippen molar-refractivity contribution in [3.05, 3.63) is 57.2 Å². The second kappa shape index (κ2) is 11.1. The normalized spacial score (nSPS) is 19.1. The highest BCUT2D eigenvalue weighted by Crippen LogP contribution is 2.44. The topological polar surface area (TPSA) is 29.5 Å². The van der Waals surface area contributed by atoms with Crippen LogP contribution in [0.4, 0.5) is 0 Å². The number of hydrogen-bond acceptors (Lipinski definition) is 2. The molecular formula is C29H44O2. The summed E-state index contributed by atoms with van der Waals surface area (Å²) in [4.78, 5) is 0. The van der Waals surface area contributed by atoms with Gasteiger partial charge >= 0.3 is 0 Å². The predicted octanol–water partition coefficient (Wildman–Crippen LogP) is 8.60. The van der Waals surface area contributed by atoms with Crippen LogP contribution in [0.25, 0.3) is 0 Å². The average Bonchev–Trinajstić information content (AvgIpc) is 2.70. The number of fused-ring (bicyclic) bond motifs is 1. The highest BCUT2D eigenvalue weighted by molar-refractivity contribution is 5.58. The molecule has 172 valence electrons. The van der Waals surface area contributed by atoms with Crippen LogP contribution in [0.3, 0.4) is 0 Å². The molecule has 0 saturated carbocycles. The summed E-state index contributed by atoms with van der Waals surface area (Å²) in [7, 11) is 0. The minimum atomic E-state index is -0.133. The van der Waals surface area contributed by atoms with Crippen molar-refractivity contribution in [1.29, 1.82) is 0 Å². The number of rotatable bonds is 9. The molecule has 0 fully saturated rings. The summed E-state index contributed by atoms with van der Waals surface area (Å²) >= 11 is 0. The van der Waals surface area contributed by atoms with E-state index in [2.05, 4.69) is 59.8 Å². The van der Waals surface area contributed by atoms with Crippen LogP contribution in [-0.4, -0.2) is 10.7 Å². The number of aromatic hydroxyl groups is 1. The predicted molar refractivity (Wildman–Crippen MR) is 134 cm³/mol. The lowest BCUT2D eigenvalue weighted by atomic mass is 9.85. The molecule has 0 saturated heterocycles. The Morgan fingerprint density at radius 3 is 2.06 bits per heavy atom. The zero-order chi connectivity index (χ0) is 23.2. The van der Waals surface area contributed by atoms with Crippen molar-refractivity contribution in [2.45, 2.75) is 112 Å². The third-order valence-corrected chi connectivity index (χ3v) is 6.88. The van der Waals surface area contributed by atoms with Gasteiger partial charge in [-0.2, -0.15) is 0 Å². The quantitative estimate of drug-likeness (QED) is 0.402. The molecule has 0 unspecified atom stereocenters. The maximum atomic E-state index is 10.4. The molecule has 2 nitrogen and oxygen atoms in total. The lowest BCUT2D eigenvalue weighted by molar-refractivity contribution is 0.0558. The molecule has 1 N–H and O–H groups in total. The lowest BCUT2D eigenvalue weighted by Gasteiger charge is -2.38. The monoisotopic (exact) mass is 424 g/mol. The zero-order valence-corrected chi connectivity index (χ0v) is 21.2. The van der Waals surface area contributed by atoms with E-state index in [9.17, 15) is 5.11 Å². The Bertz CT molecular complexity index is 865. The van der Waals surface area contributed by atoms with Crippen molar-refractivity contribution in [2.24, 2.45) is 0 Å². The molecule has 0 bridgehead atoms. The van der Waals surface area contributed by atoms with Gasteiger partial charge in [-0.15, -0.1) is 0 Å². The Morgan fingerprint density at radius 1 is 0.871 bits per heavy atom. The second-order valence-electron chi connectivity index (χ2n) is 10.1. The Morgan fingerprint density at radius 2 is 1.45 bits per heavy atom. The first-order valence-electron chi connectivity index (χ1n) is 12.0. The summed E-state index contributed by atoms with van der Waals surface area (Å²) in [6.45, 7) is 17.1. The molecule has 1 aromatic carbocycles. The Balaban J connectivity index is 1.88. The number of benzene rings is 1. The van der Waals surface area contributed by atoms with Gasteiger partial charge in [0.2, 0.25) is 0 Å². The highest BCUT2D eigenvalue weighted by atomic mass is 16.5. The van der Waals surface area contributed by atoms with Gasteiger partial charge in [0, 0.05) is 5.56 Å². The van der Waals surface area contributed by atoms with Crippen molar-refractivity contribution in [2.75, 3.05) is 0 Å². The fraction of sp³-hybridized carbons (Fsp3) is 0.586. The summed E-state index contributed by atoms with van der Waals surface area (Å²) in [5.41, 5.74) is 8.45. The minimum Gasteiger partial charge on any atom is -0.507 e. The van der Waals surface area contributed by atoms with E-state index in [1.165, 1.54) is 28.7 Å². The second-order valence-corrected chi connectivity index (χ2v) is 10.1. The molecule has 31 heavy (non-hydrogen) atoms. The summed E-state index contributed by atoms with van der Waals surface area (Å²) in [6.07, 6.45) is 15.8. The summed E-state index contributed by atoms with van der Waals surface area (Å²) < 4.78 is 6.56. The van der Waals surface area contributed by atoms with E-state index < -0.39 is 0 Å². The van der Waals surface area contributed by atoms with E-state index >= 15 is 0 Å². The fourth-order valence-corrected chi connectivity index (χ4v) is 4.43. The molecule has 0 aliphatic carbocycles. The first kappa shape index (κ1) is 25.3. The van der Waals surface area contributed by atoms with Gasteiger partial charge in [-0.1, -0.05) is 34.9 Å². The Kier molecular flexibility index (Phi) is 9.03. The average molecular weight is 425 g/mol. The summed E-state index contributed by atoms with van der Waals surface area (Å²) in [5.74, 6) is 1.44. The number of phenolic OH excluding ortho intramolecular Hbond substituents is 1. The first-order valence-corrected chi connectivity index (χ1v) is 12.0. The van der Waals surface area contributed by atoms with E-state index in [1.54, 1.807) is 0 Å². The van der Waals surface area contributed by atoms with Gasteiger partial charge in [0.15, 0.2) is 0 Å². The van der Waals surface area contributed by atoms with Crippen molar-refractivity contribution in [3.8, 4) is 11.5 Å². The zero-order valence-electron chi connectivity index (χ0n) is 21.2. The molecule has 0 amide bonds. The van der Waals surface area contributed by atoms with Gasteiger partial charge in [-0.25, -0.2) is 0 Å². The van der Waals surface area contributed by atoms with Gasteiger partial charge in [0.25, 0.3) is 0 Å². The van der Waals surface area contributed by atoms with Crippen molar-refractivity contribution in [1.82, 2.24) is 0 Å². The standard InChI is InChI=1S/C29H44O2/c1-20(2)12-9-13-21(3)14-10-15-22(4)16-11-18-29(8)19-17-26-25(7)27(30)23(5)24(6)28(26)31-29/h12,14,16,30H,9-11,13,15,17-19H2,1-8H3/b21-14+,22-16+/t29-/m1/s1. The number of ether oxygens (including phenoxy) is 1. The van der Waals surface area contributed by atoms with E-state index in [1.807, 2.05) is 13.8 Å². The molecule has 0 radical (unpaired) electrons. The Hall–Kier alpha value is -1.96. The van der Waals surface area contributed by atoms with E-state index in [4.69, 9.17) is 4.74 Å². The SMILES string of the molecule is CC(C)=CCC/C(C)=C/CC/C(C)=C/CC[C@]1(C)CCc2c(C)c(O)c(C)c(C)c2O1. The third kappa shape index (κ3) is 7.02. The van der Waals surface area contributed by atoms with Crippen LogP contribution in [0.2, 0.25) is 0 Å². The van der Waals surface area contributed by atoms with Gasteiger partial charge in [-0.3, -0.25) is 0 Å². The third-order valence-electron chi connectivity index (χ3n) is 6.88. The van der Waals surface area contributed by atoms with Crippen LogP contribution in [-0.2, 0) is 6.42 Å². The van der Waals surface area contributed by atoms with E-state index in [0.29, 0.717) is 5.75 Å². The van der Waals surface area contributed by atoms with Gasteiger partial charge in [0.05, 0.1) is 0 Å². The van der Waals surface area contributed by atoms with Crippen LogP contribution >= 0.6 is 0 Å². The van der Waals surface area contributed by atoms with Crippen LogP contribution in [0, 0.1) is 20.8 Å². The van der Waals surface area contributed by atoms with Gasteiger partial charge in [-0.05, 0) is 123 Å². The summed E-state index contributed by atoms with van der Waals surface area (Å²) in [6, 6.07) is 0. The highest BCUT2D eigenvalue weighted by Gasteiger charge is 2.33. The maximum absolute atomic E-state index is 10.4. The molecule has 1 atom stereocenters. The number of hydrogen-bond donors (Lipinski definition) is 1. The Labute approximate surface area is 191 Å². The molecule has 1 heterocycles. The van der Waals surface area contributed by atoms with Crippen LogP contribution in [0.15, 0.2) is 34.9 Å². The minimum absolute atomic E-state index is 0.133. The molecule has 0 aromatic heterocycles. The van der Waals surface area contributed by atoms with Crippen LogP contribution in [0.5, 0.6) is 11.5 Å². The van der Waals surface area contributed by atoms with Gasteiger partial charge < -0.3 is 9.84 Å². The molecule has 1 aliphatic heterocycles. The fourth-order valence-electron chi connectivity index (χ4n) is 4.43. The smallest absolute Gasteiger partial charge is 0.127 e. The number of phenols is 1. The maximum Gasteiger partial charge on any atom is 0.127 e. The van der Waals surface area contributed by atoms with Crippen LogP contribution < -0.4 is 4.74 Å². The molecule has 2 rings (SSSR count). The van der Waals surface area contributed by atoms with Crippen molar-refractivity contribution >= 4 is 0 Å². The molecule has 1 aromatic rings. The summed E-state index contributed by atoms with van der Waals surface area (Å²) in [5, 5.41) is 10.4. The van der Waals surface area contributed by atoms with E-state index in [0.717, 1.165) is 67.4 Å². The van der Waals surface area contributed by atoms with Gasteiger partial charge in [0.1, 0.15) is 17.1 Å². The number of allylic oxidation sites excluding steroid dienone is 6. The molecule has 1 aliphatic rings. The molecule has 2 heteroatoms. The molecule has 0 spiro atoms.